The van der Waals surface area contributed by atoms with Crippen molar-refractivity contribution in [3.63, 3.8) is 0 Å². The van der Waals surface area contributed by atoms with Gasteiger partial charge in [-0.1, -0.05) is 0 Å². The van der Waals surface area contributed by atoms with Gasteiger partial charge >= 0.3 is 5.69 Å². The van der Waals surface area contributed by atoms with Crippen molar-refractivity contribution >= 4 is 17.3 Å². The quantitative estimate of drug-likeness (QED) is 0.543. The lowest BCUT2D eigenvalue weighted by Gasteiger charge is -2.37. The summed E-state index contributed by atoms with van der Waals surface area (Å²) in [7, 11) is 2.06. The molecule has 1 aromatic heterocycles. The lowest BCUT2D eigenvalue weighted by molar-refractivity contribution is -0.123. The number of rotatable bonds is 4. The Morgan fingerprint density at radius 1 is 1.18 bits per heavy atom. The van der Waals surface area contributed by atoms with Crippen molar-refractivity contribution < 1.29 is 19.0 Å². The Balaban J connectivity index is 1.31. The molecule has 9 nitrogen and oxygen atoms in total. The molecule has 178 valence electrons. The maximum Gasteiger partial charge on any atom is 0.333 e. The van der Waals surface area contributed by atoms with Crippen molar-refractivity contribution in [3.05, 3.63) is 64.5 Å². The number of aromatic amines is 1. The highest BCUT2D eigenvalue weighted by Crippen LogP contribution is 2.39. The largest absolute Gasteiger partial charge is 0.493 e. The molecule has 2 aromatic carbocycles. The molecule has 1 amide bonds. The maximum atomic E-state index is 14.3. The highest BCUT2D eigenvalue weighted by Gasteiger charge is 2.30. The zero-order valence-electron chi connectivity index (χ0n) is 18.8. The Morgan fingerprint density at radius 2 is 1.91 bits per heavy atom. The number of hydrogen-bond donors (Lipinski definition) is 3. The van der Waals surface area contributed by atoms with E-state index in [2.05, 4.69) is 27.1 Å². The minimum atomic E-state index is -0.708. The molecule has 0 spiro atoms. The van der Waals surface area contributed by atoms with Crippen LogP contribution in [0.15, 0.2) is 47.4 Å². The van der Waals surface area contributed by atoms with Gasteiger partial charge in [0.25, 0.3) is 5.91 Å². The van der Waals surface area contributed by atoms with E-state index in [1.54, 1.807) is 24.3 Å². The molecule has 3 N–H and O–H groups in total. The van der Waals surface area contributed by atoms with Gasteiger partial charge in [0, 0.05) is 37.9 Å². The van der Waals surface area contributed by atoms with Gasteiger partial charge in [-0.2, -0.15) is 0 Å². The van der Waals surface area contributed by atoms with Gasteiger partial charge in [-0.05, 0) is 55.8 Å². The minimum Gasteiger partial charge on any atom is -0.493 e. The summed E-state index contributed by atoms with van der Waals surface area (Å²) in [5, 5.41) is 12.7. The van der Waals surface area contributed by atoms with Crippen LogP contribution in [0.25, 0.3) is 5.69 Å². The first kappa shape index (κ1) is 22.0. The van der Waals surface area contributed by atoms with Crippen LogP contribution in [0.3, 0.4) is 0 Å². The molecular weight excluding hydrogens is 441 g/mol. The molecule has 2 aliphatic heterocycles. The summed E-state index contributed by atoms with van der Waals surface area (Å²) < 4.78 is 21.6. The third-order valence-electron chi connectivity index (χ3n) is 6.33. The molecule has 1 saturated heterocycles. The number of fused-ring (bicyclic) bond motifs is 1. The number of carbonyl (C=O) groups excluding carboxylic acids is 1. The van der Waals surface area contributed by atoms with E-state index in [4.69, 9.17) is 4.74 Å². The first-order valence-corrected chi connectivity index (χ1v) is 11.2. The Kier molecular flexibility index (Phi) is 5.74. The van der Waals surface area contributed by atoms with Crippen molar-refractivity contribution in [1.82, 2.24) is 14.5 Å². The molecule has 3 aromatic rings. The van der Waals surface area contributed by atoms with Gasteiger partial charge < -0.3 is 29.9 Å². The first-order valence-electron chi connectivity index (χ1n) is 11.2. The van der Waals surface area contributed by atoms with E-state index >= 15 is 0 Å². The normalized spacial score (nSPS) is 18.3. The Labute approximate surface area is 195 Å². The number of carbonyl (C=O) groups is 1. The molecule has 0 bridgehead atoms. The molecular formula is C24H26FN5O4. The van der Waals surface area contributed by atoms with Gasteiger partial charge in [0.15, 0.2) is 6.10 Å². The SMILES string of the molecule is CN1CCN(c2cc(F)cc3c2OC(C(=O)Nc2ccc(-n4c(O)c[nH]c4=O)cc2)CC3)CC1. The number of nitrogens with zero attached hydrogens (tertiary/aromatic N) is 3. The summed E-state index contributed by atoms with van der Waals surface area (Å²) in [5.74, 6) is -0.223. The van der Waals surface area contributed by atoms with E-state index in [9.17, 15) is 19.1 Å². The topological polar surface area (TPSA) is 103 Å². The molecule has 10 heteroatoms. The highest BCUT2D eigenvalue weighted by atomic mass is 19.1. The van der Waals surface area contributed by atoms with Crippen molar-refractivity contribution in [2.24, 2.45) is 0 Å². The second-order valence-corrected chi connectivity index (χ2v) is 8.67. The molecule has 2 aliphatic rings. The molecule has 0 radical (unpaired) electrons. The Morgan fingerprint density at radius 3 is 2.59 bits per heavy atom. The van der Waals surface area contributed by atoms with Crippen LogP contribution < -0.4 is 20.6 Å². The lowest BCUT2D eigenvalue weighted by Crippen LogP contribution is -2.45. The fourth-order valence-corrected chi connectivity index (χ4v) is 4.44. The molecule has 1 fully saturated rings. The third-order valence-corrected chi connectivity index (χ3v) is 6.33. The molecule has 1 atom stereocenters. The lowest BCUT2D eigenvalue weighted by atomic mass is 9.99. The predicted molar refractivity (Wildman–Crippen MR) is 126 cm³/mol. The zero-order chi connectivity index (χ0) is 23.8. The van der Waals surface area contributed by atoms with Crippen LogP contribution in [0.1, 0.15) is 12.0 Å². The molecule has 0 saturated carbocycles. The fraction of sp³-hybridized carbons (Fsp3) is 0.333. The number of halogens is 1. The van der Waals surface area contributed by atoms with Crippen molar-refractivity contribution in [2.45, 2.75) is 18.9 Å². The van der Waals surface area contributed by atoms with E-state index in [-0.39, 0.29) is 17.6 Å². The number of hydrogen-bond acceptors (Lipinski definition) is 6. The molecule has 5 rings (SSSR count). The number of amides is 1. The average molecular weight is 468 g/mol. The maximum absolute atomic E-state index is 14.3. The van der Waals surface area contributed by atoms with Crippen LogP contribution in [0.5, 0.6) is 11.6 Å². The van der Waals surface area contributed by atoms with Gasteiger partial charge in [-0.15, -0.1) is 0 Å². The van der Waals surface area contributed by atoms with Crippen LogP contribution in [-0.2, 0) is 11.2 Å². The molecule has 1 unspecified atom stereocenters. The number of H-pyrrole nitrogens is 1. The number of piperazine rings is 1. The van der Waals surface area contributed by atoms with Gasteiger partial charge in [0.1, 0.15) is 11.6 Å². The number of likely N-dealkylation sites (N-methyl/N-ethyl adjacent to an activating group) is 1. The fourth-order valence-electron chi connectivity index (χ4n) is 4.44. The number of anilines is 2. The Hall–Kier alpha value is -3.79. The van der Waals surface area contributed by atoms with Crippen LogP contribution in [0, 0.1) is 5.82 Å². The van der Waals surface area contributed by atoms with Crippen LogP contribution in [0.2, 0.25) is 0 Å². The predicted octanol–water partition coefficient (Wildman–Crippen LogP) is 2.09. The first-order chi connectivity index (χ1) is 16.4. The summed E-state index contributed by atoms with van der Waals surface area (Å²) >= 11 is 0. The standard InChI is InChI=1S/C24H26FN5O4/c1-28-8-10-29(11-9-28)19-13-16(25)12-15-2-7-20(34-22(15)19)23(32)27-17-3-5-18(6-4-17)30-21(31)14-26-24(30)33/h3-6,12-14,20,31H,2,7-11H2,1H3,(H,26,33)(H,27,32). The summed E-state index contributed by atoms with van der Waals surface area (Å²) in [6, 6.07) is 9.51. The third kappa shape index (κ3) is 4.24. The number of nitrogens with one attached hydrogen (secondary N) is 2. The number of aromatic hydroxyl groups is 1. The number of imidazole rings is 1. The van der Waals surface area contributed by atoms with Crippen molar-refractivity contribution in [3.8, 4) is 17.3 Å². The molecule has 0 aliphatic carbocycles. The van der Waals surface area contributed by atoms with Crippen molar-refractivity contribution in [2.75, 3.05) is 43.4 Å². The summed E-state index contributed by atoms with van der Waals surface area (Å²) in [6.45, 7) is 3.27. The summed E-state index contributed by atoms with van der Waals surface area (Å²) in [4.78, 5) is 31.5. The minimum absolute atomic E-state index is 0.205. The number of aryl methyl sites for hydroxylation is 1. The number of benzene rings is 2. The number of aromatic nitrogens is 2. The van der Waals surface area contributed by atoms with Crippen LogP contribution >= 0.6 is 0 Å². The van der Waals surface area contributed by atoms with E-state index in [1.165, 1.54) is 18.3 Å². The summed E-state index contributed by atoms with van der Waals surface area (Å²) in [5.41, 5.74) is 2.00. The monoisotopic (exact) mass is 467 g/mol. The smallest absolute Gasteiger partial charge is 0.333 e. The zero-order valence-corrected chi connectivity index (χ0v) is 18.8. The number of ether oxygens (including phenoxy) is 1. The van der Waals surface area contributed by atoms with E-state index in [0.717, 1.165) is 36.3 Å². The van der Waals surface area contributed by atoms with Gasteiger partial charge in [-0.25, -0.2) is 13.8 Å². The summed E-state index contributed by atoms with van der Waals surface area (Å²) in [6.07, 6.45) is 1.48. The second-order valence-electron chi connectivity index (χ2n) is 8.67. The average Bonchev–Trinajstić information content (AvgIpc) is 3.17. The highest BCUT2D eigenvalue weighted by molar-refractivity contribution is 5.94. The Bertz CT molecular complexity index is 1260. The molecule has 3 heterocycles. The van der Waals surface area contributed by atoms with E-state index in [0.29, 0.717) is 35.7 Å². The van der Waals surface area contributed by atoms with Crippen molar-refractivity contribution in [1.29, 1.82) is 0 Å². The van der Waals surface area contributed by atoms with Crippen LogP contribution in [0.4, 0.5) is 15.8 Å². The van der Waals surface area contributed by atoms with Gasteiger partial charge in [0.05, 0.1) is 17.6 Å². The van der Waals surface area contributed by atoms with E-state index in [1.807, 2.05) is 0 Å². The second kappa shape index (κ2) is 8.86. The molecule has 34 heavy (non-hydrogen) atoms. The van der Waals surface area contributed by atoms with Gasteiger partial charge in [-0.3, -0.25) is 4.79 Å². The van der Waals surface area contributed by atoms with Gasteiger partial charge in [0.2, 0.25) is 5.88 Å². The van der Waals surface area contributed by atoms with Crippen LogP contribution in [-0.4, -0.2) is 64.8 Å². The van der Waals surface area contributed by atoms with E-state index < -0.39 is 11.8 Å².